The van der Waals surface area contributed by atoms with Crippen LogP contribution in [0.25, 0.3) is 0 Å². The highest BCUT2D eigenvalue weighted by molar-refractivity contribution is 5.94. The van der Waals surface area contributed by atoms with Crippen LogP contribution in [0.2, 0.25) is 0 Å². The van der Waals surface area contributed by atoms with Crippen LogP contribution in [0.4, 0.5) is 0 Å². The fourth-order valence-corrected chi connectivity index (χ4v) is 1.82. The molecule has 0 aliphatic rings. The number of aromatic nitrogens is 1. The topological polar surface area (TPSA) is 53.5 Å². The summed E-state index contributed by atoms with van der Waals surface area (Å²) >= 11 is 0. The van der Waals surface area contributed by atoms with Gasteiger partial charge in [0.15, 0.2) is 0 Å². The first kappa shape index (κ1) is 20.1. The highest BCUT2D eigenvalue weighted by Crippen LogP contribution is 2.09. The molecule has 0 saturated carbocycles. The molecule has 124 valence electrons. The Bertz CT molecular complexity index is 487. The number of hydrogen-bond donors (Lipinski definition) is 0. The van der Waals surface area contributed by atoms with Crippen LogP contribution in [0.15, 0.2) is 18.3 Å². The first-order chi connectivity index (χ1) is 10.4. The third kappa shape index (κ3) is 5.84. The quantitative estimate of drug-likeness (QED) is 0.840. The molecule has 5 nitrogen and oxygen atoms in total. The number of pyridine rings is 1. The zero-order chi connectivity index (χ0) is 17.3. The minimum Gasteiger partial charge on any atom is -0.342 e. The maximum absolute atomic E-state index is 12.1. The molecule has 5 heteroatoms. The molecule has 0 aliphatic heterocycles. The summed E-state index contributed by atoms with van der Waals surface area (Å²) in [5.41, 5.74) is 1.32. The molecule has 0 saturated heterocycles. The van der Waals surface area contributed by atoms with Crippen molar-refractivity contribution < 1.29 is 9.59 Å². The molecule has 0 aromatic carbocycles. The van der Waals surface area contributed by atoms with Gasteiger partial charge in [-0.1, -0.05) is 27.7 Å². The van der Waals surface area contributed by atoms with E-state index in [-0.39, 0.29) is 17.7 Å². The fourth-order valence-electron chi connectivity index (χ4n) is 1.82. The monoisotopic (exact) mass is 307 g/mol. The van der Waals surface area contributed by atoms with Crippen molar-refractivity contribution in [3.05, 3.63) is 29.6 Å². The summed E-state index contributed by atoms with van der Waals surface area (Å²) in [4.78, 5) is 31.4. The lowest BCUT2D eigenvalue weighted by Crippen LogP contribution is -2.30. The third-order valence-electron chi connectivity index (χ3n) is 3.15. The Labute approximate surface area is 134 Å². The lowest BCUT2D eigenvalue weighted by molar-refractivity contribution is -0.133. The van der Waals surface area contributed by atoms with Crippen molar-refractivity contribution in [3.8, 4) is 0 Å². The molecule has 0 radical (unpaired) electrons. The number of rotatable bonds is 5. The molecule has 0 bridgehead atoms. The summed E-state index contributed by atoms with van der Waals surface area (Å²) in [6.07, 6.45) is 1.61. The van der Waals surface area contributed by atoms with Gasteiger partial charge < -0.3 is 9.80 Å². The normalized spacial score (nSPS) is 9.82. The van der Waals surface area contributed by atoms with E-state index in [1.54, 1.807) is 42.2 Å². The highest BCUT2D eigenvalue weighted by Gasteiger charge is 2.15. The van der Waals surface area contributed by atoms with E-state index in [9.17, 15) is 9.59 Å². The van der Waals surface area contributed by atoms with Crippen molar-refractivity contribution >= 4 is 11.8 Å². The van der Waals surface area contributed by atoms with E-state index in [0.29, 0.717) is 18.7 Å². The molecular formula is C17H29N3O2. The van der Waals surface area contributed by atoms with Crippen LogP contribution in [0, 0.1) is 5.92 Å². The molecule has 1 heterocycles. The molecule has 0 aliphatic carbocycles. The van der Waals surface area contributed by atoms with Crippen molar-refractivity contribution in [2.45, 2.75) is 41.2 Å². The number of nitrogens with zero attached hydrogens (tertiary/aromatic N) is 3. The first-order valence-corrected chi connectivity index (χ1v) is 7.82. The Balaban J connectivity index is 0.00000211. The van der Waals surface area contributed by atoms with E-state index in [1.165, 1.54) is 0 Å². The zero-order valence-corrected chi connectivity index (χ0v) is 14.9. The van der Waals surface area contributed by atoms with Crippen molar-refractivity contribution in [2.75, 3.05) is 20.6 Å². The lowest BCUT2D eigenvalue weighted by Gasteiger charge is -2.19. The summed E-state index contributed by atoms with van der Waals surface area (Å²) in [7, 11) is 3.51. The molecule has 1 aromatic heterocycles. The van der Waals surface area contributed by atoms with Gasteiger partial charge in [-0.3, -0.25) is 14.6 Å². The molecule has 1 aromatic rings. The van der Waals surface area contributed by atoms with Gasteiger partial charge in [0.1, 0.15) is 0 Å². The van der Waals surface area contributed by atoms with Gasteiger partial charge in [-0.25, -0.2) is 0 Å². The van der Waals surface area contributed by atoms with Crippen molar-refractivity contribution in [1.29, 1.82) is 0 Å². The van der Waals surface area contributed by atoms with Gasteiger partial charge in [0.05, 0.1) is 12.2 Å². The van der Waals surface area contributed by atoms with E-state index in [1.807, 2.05) is 34.6 Å². The molecular weight excluding hydrogens is 278 g/mol. The predicted molar refractivity (Wildman–Crippen MR) is 89.5 cm³/mol. The van der Waals surface area contributed by atoms with Gasteiger partial charge in [-0.05, 0) is 19.1 Å². The minimum absolute atomic E-state index is 0.0333. The fraction of sp³-hybridized carbons (Fsp3) is 0.588. The van der Waals surface area contributed by atoms with Gasteiger partial charge >= 0.3 is 0 Å². The van der Waals surface area contributed by atoms with E-state index >= 15 is 0 Å². The van der Waals surface area contributed by atoms with Crippen LogP contribution in [-0.2, 0) is 11.3 Å². The van der Waals surface area contributed by atoms with Gasteiger partial charge in [0, 0.05) is 38.3 Å². The number of carbonyl (C=O) groups is 2. The third-order valence-corrected chi connectivity index (χ3v) is 3.15. The summed E-state index contributed by atoms with van der Waals surface area (Å²) < 4.78 is 0. The summed E-state index contributed by atoms with van der Waals surface area (Å²) in [6.45, 7) is 10.7. The molecule has 22 heavy (non-hydrogen) atoms. The molecule has 2 amide bonds. The van der Waals surface area contributed by atoms with Gasteiger partial charge in [-0.2, -0.15) is 0 Å². The molecule has 0 spiro atoms. The molecule has 0 fully saturated rings. The van der Waals surface area contributed by atoms with Crippen molar-refractivity contribution in [2.24, 2.45) is 5.92 Å². The van der Waals surface area contributed by atoms with Crippen LogP contribution >= 0.6 is 0 Å². The number of carbonyl (C=O) groups excluding carboxylic acids is 2. The van der Waals surface area contributed by atoms with Gasteiger partial charge in [0.2, 0.25) is 5.91 Å². The molecule has 0 unspecified atom stereocenters. The molecule has 0 N–H and O–H groups in total. The Morgan fingerprint density at radius 3 is 2.27 bits per heavy atom. The second-order valence-electron chi connectivity index (χ2n) is 5.20. The second kappa shape index (κ2) is 9.92. The maximum atomic E-state index is 12.1. The average molecular weight is 307 g/mol. The van der Waals surface area contributed by atoms with Crippen molar-refractivity contribution in [1.82, 2.24) is 14.8 Å². The average Bonchev–Trinajstić information content (AvgIpc) is 2.54. The van der Waals surface area contributed by atoms with Crippen LogP contribution in [-0.4, -0.2) is 47.2 Å². The summed E-state index contributed by atoms with van der Waals surface area (Å²) in [5, 5.41) is 0. The van der Waals surface area contributed by atoms with E-state index in [2.05, 4.69) is 4.98 Å². The maximum Gasteiger partial charge on any atom is 0.253 e. The van der Waals surface area contributed by atoms with Crippen LogP contribution in [0.1, 0.15) is 50.7 Å². The van der Waals surface area contributed by atoms with E-state index in [0.717, 1.165) is 5.69 Å². The van der Waals surface area contributed by atoms with E-state index in [4.69, 9.17) is 0 Å². The summed E-state index contributed by atoms with van der Waals surface area (Å²) in [6, 6.07) is 3.45. The second-order valence-corrected chi connectivity index (χ2v) is 5.20. The van der Waals surface area contributed by atoms with E-state index < -0.39 is 0 Å². The van der Waals surface area contributed by atoms with Gasteiger partial charge in [0.25, 0.3) is 5.91 Å². The van der Waals surface area contributed by atoms with Crippen LogP contribution in [0.5, 0.6) is 0 Å². The summed E-state index contributed by atoms with van der Waals surface area (Å²) in [5.74, 6) is -0.0146. The Morgan fingerprint density at radius 2 is 1.77 bits per heavy atom. The Kier molecular flexibility index (Phi) is 9.06. The largest absolute Gasteiger partial charge is 0.342 e. The smallest absolute Gasteiger partial charge is 0.253 e. The predicted octanol–water partition coefficient (Wildman–Crippen LogP) is 2.81. The van der Waals surface area contributed by atoms with Crippen LogP contribution in [0.3, 0.4) is 0 Å². The van der Waals surface area contributed by atoms with Crippen LogP contribution < -0.4 is 0 Å². The number of amides is 2. The minimum atomic E-state index is -0.0453. The molecule has 1 rings (SSSR count). The van der Waals surface area contributed by atoms with Gasteiger partial charge in [-0.15, -0.1) is 0 Å². The Morgan fingerprint density at radius 1 is 1.18 bits per heavy atom. The first-order valence-electron chi connectivity index (χ1n) is 7.82. The number of hydrogen-bond acceptors (Lipinski definition) is 3. The zero-order valence-electron chi connectivity index (χ0n) is 14.9. The standard InChI is InChI=1S/C15H23N3O2.C2H6/c1-6-17(4)15(20)12-7-8-16-13(9-12)10-18(5)14(19)11(2)3;1-2/h7-9,11H,6,10H2,1-5H3;1-2H3. The SMILES string of the molecule is CC.CCN(C)C(=O)c1ccnc(CN(C)C(=O)C(C)C)c1. The Hall–Kier alpha value is -1.91. The highest BCUT2D eigenvalue weighted by atomic mass is 16.2. The molecule has 0 atom stereocenters. The lowest BCUT2D eigenvalue weighted by atomic mass is 10.1. The van der Waals surface area contributed by atoms with Crippen molar-refractivity contribution in [3.63, 3.8) is 0 Å².